The highest BCUT2D eigenvalue weighted by atomic mass is 32.2. The maximum Gasteiger partial charge on any atom is 0.417 e. The van der Waals surface area contributed by atoms with Crippen molar-refractivity contribution >= 4 is 23.5 Å². The number of aromatic nitrogens is 3. The summed E-state index contributed by atoms with van der Waals surface area (Å²) in [5.41, 5.74) is 4.79. The van der Waals surface area contributed by atoms with E-state index in [1.165, 1.54) is 6.07 Å². The normalized spacial score (nSPS) is 11.4. The van der Waals surface area contributed by atoms with E-state index in [0.29, 0.717) is 22.4 Å². The molecule has 0 radical (unpaired) electrons. The molecule has 0 aliphatic rings. The number of rotatable bonds is 4. The molecule has 21 heavy (non-hydrogen) atoms. The molecule has 2 heterocycles. The second-order valence-corrected chi connectivity index (χ2v) is 5.01. The summed E-state index contributed by atoms with van der Waals surface area (Å²) >= 11 is 1.11. The summed E-state index contributed by atoms with van der Waals surface area (Å²) in [4.78, 5) is 11.8. The third kappa shape index (κ3) is 4.22. The molecule has 0 aliphatic carbocycles. The third-order valence-electron chi connectivity index (χ3n) is 2.35. The minimum atomic E-state index is -4.40. The number of pyridine rings is 1. The van der Waals surface area contributed by atoms with Crippen molar-refractivity contribution in [1.82, 2.24) is 15.0 Å². The maximum absolute atomic E-state index is 12.4. The zero-order chi connectivity index (χ0) is 15.5. The van der Waals surface area contributed by atoms with Gasteiger partial charge in [-0.2, -0.15) is 18.2 Å². The van der Waals surface area contributed by atoms with Crippen LogP contribution in [0, 0.1) is 0 Å². The summed E-state index contributed by atoms with van der Waals surface area (Å²) in [6.45, 7) is 2.57. The smallest absolute Gasteiger partial charge is 0.370 e. The highest BCUT2D eigenvalue weighted by Crippen LogP contribution is 2.31. The Labute approximate surface area is 123 Å². The van der Waals surface area contributed by atoms with Gasteiger partial charge in [-0.1, -0.05) is 0 Å². The molecule has 0 bridgehead atoms. The number of alkyl halides is 3. The Balaban J connectivity index is 2.18. The monoisotopic (exact) mass is 315 g/mol. The fourth-order valence-electron chi connectivity index (χ4n) is 1.48. The van der Waals surface area contributed by atoms with E-state index in [1.807, 2.05) is 6.92 Å². The first-order valence-corrected chi connectivity index (χ1v) is 6.79. The molecule has 2 aromatic heterocycles. The van der Waals surface area contributed by atoms with Crippen LogP contribution < -0.4 is 11.1 Å². The first-order valence-electron chi connectivity index (χ1n) is 5.98. The van der Waals surface area contributed by atoms with Crippen molar-refractivity contribution in [2.75, 3.05) is 17.6 Å². The van der Waals surface area contributed by atoms with Gasteiger partial charge in [0.05, 0.1) is 5.56 Å². The summed E-state index contributed by atoms with van der Waals surface area (Å²) in [5, 5.41) is 3.89. The van der Waals surface area contributed by atoms with E-state index in [0.717, 1.165) is 24.0 Å². The molecule has 3 N–H and O–H groups in total. The van der Waals surface area contributed by atoms with E-state index in [2.05, 4.69) is 20.3 Å². The number of nitrogens with one attached hydrogen (secondary N) is 1. The van der Waals surface area contributed by atoms with E-state index in [4.69, 9.17) is 5.73 Å². The topological polar surface area (TPSA) is 76.7 Å². The number of nitrogens with two attached hydrogens (primary N) is 1. The van der Waals surface area contributed by atoms with Gasteiger partial charge in [-0.3, -0.25) is 0 Å². The molecule has 0 amide bonds. The highest BCUT2D eigenvalue weighted by molar-refractivity contribution is 7.99. The summed E-state index contributed by atoms with van der Waals surface area (Å²) in [6.07, 6.45) is -3.61. The average molecular weight is 315 g/mol. The molecule has 5 nitrogen and oxygen atoms in total. The van der Waals surface area contributed by atoms with Gasteiger partial charge < -0.3 is 11.1 Å². The third-order valence-corrected chi connectivity index (χ3v) is 3.22. The molecular weight excluding hydrogens is 303 g/mol. The van der Waals surface area contributed by atoms with Crippen LogP contribution in [0.5, 0.6) is 0 Å². The van der Waals surface area contributed by atoms with Crippen LogP contribution in [-0.4, -0.2) is 21.5 Å². The van der Waals surface area contributed by atoms with Gasteiger partial charge in [-0.25, -0.2) is 9.97 Å². The van der Waals surface area contributed by atoms with Crippen molar-refractivity contribution in [3.8, 4) is 0 Å². The molecular formula is C12H12F3N5S. The first-order chi connectivity index (χ1) is 9.88. The lowest BCUT2D eigenvalue weighted by atomic mass is 10.3. The van der Waals surface area contributed by atoms with Gasteiger partial charge in [-0.05, 0) is 30.8 Å². The zero-order valence-electron chi connectivity index (χ0n) is 11.0. The summed E-state index contributed by atoms with van der Waals surface area (Å²) in [5.74, 6) is 0.641. The van der Waals surface area contributed by atoms with E-state index in [9.17, 15) is 13.2 Å². The van der Waals surface area contributed by atoms with Crippen LogP contribution in [-0.2, 0) is 6.18 Å². The molecule has 0 aromatic carbocycles. The number of halogens is 3. The van der Waals surface area contributed by atoms with Crippen LogP contribution in [0.2, 0.25) is 0 Å². The van der Waals surface area contributed by atoms with Crippen molar-refractivity contribution in [3.63, 3.8) is 0 Å². The minimum Gasteiger partial charge on any atom is -0.370 e. The number of hydrogen-bond donors (Lipinski definition) is 2. The quantitative estimate of drug-likeness (QED) is 0.845. The lowest BCUT2D eigenvalue weighted by Crippen LogP contribution is -2.05. The van der Waals surface area contributed by atoms with E-state index >= 15 is 0 Å². The van der Waals surface area contributed by atoms with E-state index in [1.54, 1.807) is 6.07 Å². The molecule has 0 aliphatic heterocycles. The van der Waals surface area contributed by atoms with Crippen LogP contribution in [0.25, 0.3) is 0 Å². The van der Waals surface area contributed by atoms with Crippen LogP contribution >= 0.6 is 11.8 Å². The molecule has 0 saturated heterocycles. The Hall–Kier alpha value is -2.03. The summed E-state index contributed by atoms with van der Waals surface area (Å²) in [6, 6.07) is 3.92. The maximum atomic E-state index is 12.4. The Morgan fingerprint density at radius 1 is 1.24 bits per heavy atom. The van der Waals surface area contributed by atoms with Gasteiger partial charge in [0.1, 0.15) is 15.9 Å². The first kappa shape index (κ1) is 15.4. The minimum absolute atomic E-state index is 0.0860. The van der Waals surface area contributed by atoms with Gasteiger partial charge in [0.25, 0.3) is 0 Å². The zero-order valence-corrected chi connectivity index (χ0v) is 11.8. The lowest BCUT2D eigenvalue weighted by molar-refractivity contribution is -0.137. The number of anilines is 2. The number of nitrogens with zero attached hydrogens (tertiary/aromatic N) is 3. The Kier molecular flexibility index (Phi) is 4.51. The Morgan fingerprint density at radius 2 is 2.00 bits per heavy atom. The fraction of sp³-hybridized carbons (Fsp3) is 0.250. The fourth-order valence-corrected chi connectivity index (χ4v) is 2.25. The summed E-state index contributed by atoms with van der Waals surface area (Å²) < 4.78 is 37.3. The molecule has 112 valence electrons. The second kappa shape index (κ2) is 6.17. The average Bonchev–Trinajstić information content (AvgIpc) is 2.38. The van der Waals surface area contributed by atoms with Gasteiger partial charge in [0.2, 0.25) is 5.95 Å². The van der Waals surface area contributed by atoms with Crippen molar-refractivity contribution in [2.45, 2.75) is 23.2 Å². The molecule has 0 unspecified atom stereocenters. The van der Waals surface area contributed by atoms with Gasteiger partial charge >= 0.3 is 6.18 Å². The Bertz CT molecular complexity index is 615. The molecule has 0 atom stereocenters. The number of nitrogen functional groups attached to an aromatic ring is 1. The molecule has 0 fully saturated rings. The van der Waals surface area contributed by atoms with Gasteiger partial charge in [0.15, 0.2) is 0 Å². The molecule has 9 heteroatoms. The van der Waals surface area contributed by atoms with Crippen molar-refractivity contribution in [2.24, 2.45) is 0 Å². The SMILES string of the molecule is CCNc1cc(Sc2ccc(C(F)(F)F)cn2)nc(N)n1. The highest BCUT2D eigenvalue weighted by Gasteiger charge is 2.30. The largest absolute Gasteiger partial charge is 0.417 e. The molecule has 2 rings (SSSR count). The van der Waals surface area contributed by atoms with E-state index < -0.39 is 11.7 Å². The van der Waals surface area contributed by atoms with Crippen LogP contribution in [0.3, 0.4) is 0 Å². The predicted octanol–water partition coefficient (Wildman–Crippen LogP) is 3.06. The van der Waals surface area contributed by atoms with Gasteiger partial charge in [-0.15, -0.1) is 0 Å². The van der Waals surface area contributed by atoms with Crippen LogP contribution in [0.1, 0.15) is 12.5 Å². The molecule has 2 aromatic rings. The molecule has 0 spiro atoms. The predicted molar refractivity (Wildman–Crippen MR) is 74.0 cm³/mol. The summed E-state index contributed by atoms with van der Waals surface area (Å²) in [7, 11) is 0. The standard InChI is InChI=1S/C12H12F3N5S/c1-2-17-8-5-10(20-11(16)19-8)21-9-4-3-7(6-18-9)12(13,14)15/h3-6H,2H2,1H3,(H3,16,17,19,20). The van der Waals surface area contributed by atoms with Crippen LogP contribution in [0.15, 0.2) is 34.4 Å². The van der Waals surface area contributed by atoms with Crippen molar-refractivity contribution < 1.29 is 13.2 Å². The second-order valence-electron chi connectivity index (χ2n) is 3.96. The van der Waals surface area contributed by atoms with Gasteiger partial charge in [0, 0.05) is 18.8 Å². The number of hydrogen-bond acceptors (Lipinski definition) is 6. The lowest BCUT2D eigenvalue weighted by Gasteiger charge is -2.08. The molecule has 0 saturated carbocycles. The Morgan fingerprint density at radius 3 is 2.57 bits per heavy atom. The van der Waals surface area contributed by atoms with Crippen LogP contribution in [0.4, 0.5) is 24.9 Å². The van der Waals surface area contributed by atoms with Crippen molar-refractivity contribution in [1.29, 1.82) is 0 Å². The van der Waals surface area contributed by atoms with Crippen molar-refractivity contribution in [3.05, 3.63) is 30.0 Å². The van der Waals surface area contributed by atoms with E-state index in [-0.39, 0.29) is 5.95 Å².